The lowest BCUT2D eigenvalue weighted by Gasteiger charge is -2.18. The fraction of sp³-hybridized carbons (Fsp3) is 0.412. The number of rotatable bonds is 5. The van der Waals surface area contributed by atoms with E-state index in [1.165, 1.54) is 5.56 Å². The maximum Gasteiger partial charge on any atom is 0.121 e. The molecule has 0 saturated heterocycles. The highest BCUT2D eigenvalue weighted by Gasteiger charge is 2.10. The van der Waals surface area contributed by atoms with E-state index in [-0.39, 0.29) is 6.10 Å². The third kappa shape index (κ3) is 4.16. The molecule has 2 rings (SSSR count). The summed E-state index contributed by atoms with van der Waals surface area (Å²) in [7, 11) is 1.69. The van der Waals surface area contributed by atoms with E-state index in [4.69, 9.17) is 9.47 Å². The molecule has 1 atom stereocenters. The molecule has 0 saturated carbocycles. The van der Waals surface area contributed by atoms with Crippen LogP contribution in [0.4, 0.5) is 0 Å². The fourth-order valence-corrected chi connectivity index (χ4v) is 2.17. The van der Waals surface area contributed by atoms with Crippen LogP contribution in [0.5, 0.6) is 5.75 Å². The highest BCUT2D eigenvalue weighted by molar-refractivity contribution is 5.29. The zero-order valence-electron chi connectivity index (χ0n) is 11.9. The molecule has 0 radical (unpaired) electrons. The molecule has 0 fully saturated rings. The molecule has 1 aromatic carbocycles. The van der Waals surface area contributed by atoms with Crippen LogP contribution in [-0.4, -0.2) is 13.2 Å². The number of benzene rings is 1. The Morgan fingerprint density at radius 2 is 1.95 bits per heavy atom. The van der Waals surface area contributed by atoms with Crippen molar-refractivity contribution in [3.8, 4) is 5.75 Å². The fourth-order valence-electron chi connectivity index (χ4n) is 2.17. The highest BCUT2D eigenvalue weighted by atomic mass is 16.5. The van der Waals surface area contributed by atoms with Crippen LogP contribution in [0.1, 0.15) is 25.8 Å². The third-order valence-electron chi connectivity index (χ3n) is 3.12. The van der Waals surface area contributed by atoms with Crippen molar-refractivity contribution in [2.75, 3.05) is 7.11 Å². The van der Waals surface area contributed by atoms with Gasteiger partial charge in [0.1, 0.15) is 17.6 Å². The van der Waals surface area contributed by atoms with E-state index < -0.39 is 0 Å². The van der Waals surface area contributed by atoms with Crippen molar-refractivity contribution in [2.24, 2.45) is 5.92 Å². The van der Waals surface area contributed by atoms with Gasteiger partial charge in [-0.25, -0.2) is 0 Å². The van der Waals surface area contributed by atoms with Crippen LogP contribution in [0, 0.1) is 5.92 Å². The van der Waals surface area contributed by atoms with Gasteiger partial charge in [0.25, 0.3) is 0 Å². The van der Waals surface area contributed by atoms with E-state index in [0.29, 0.717) is 5.92 Å². The Morgan fingerprint density at radius 3 is 2.47 bits per heavy atom. The Labute approximate surface area is 115 Å². The number of allylic oxidation sites excluding steroid dienone is 1. The van der Waals surface area contributed by atoms with Gasteiger partial charge in [-0.1, -0.05) is 26.0 Å². The van der Waals surface area contributed by atoms with Gasteiger partial charge in [0.05, 0.1) is 7.11 Å². The first-order valence-electron chi connectivity index (χ1n) is 6.85. The average Bonchev–Trinajstić information content (AvgIpc) is 2.41. The second-order valence-corrected chi connectivity index (χ2v) is 5.30. The molecule has 0 spiro atoms. The molecule has 0 amide bonds. The van der Waals surface area contributed by atoms with Crippen LogP contribution in [0.3, 0.4) is 0 Å². The Kier molecular flexibility index (Phi) is 4.67. The quantitative estimate of drug-likeness (QED) is 0.791. The maximum absolute atomic E-state index is 5.92. The SMILES string of the molecule is COC1=CCC(Oc2ccc(CC(C)C)cc2)C=C1. The molecule has 0 bridgehead atoms. The predicted molar refractivity (Wildman–Crippen MR) is 78.2 cm³/mol. The molecule has 102 valence electrons. The van der Waals surface area contributed by atoms with Gasteiger partial charge in [-0.3, -0.25) is 0 Å². The normalized spacial score (nSPS) is 18.3. The zero-order chi connectivity index (χ0) is 13.7. The lowest BCUT2D eigenvalue weighted by atomic mass is 10.0. The first-order valence-corrected chi connectivity index (χ1v) is 6.85. The van der Waals surface area contributed by atoms with Crippen LogP contribution in [0.15, 0.2) is 48.3 Å². The van der Waals surface area contributed by atoms with E-state index in [0.717, 1.165) is 24.4 Å². The van der Waals surface area contributed by atoms with Crippen molar-refractivity contribution in [1.82, 2.24) is 0 Å². The number of methoxy groups -OCH3 is 1. The molecule has 2 nitrogen and oxygen atoms in total. The van der Waals surface area contributed by atoms with E-state index in [1.54, 1.807) is 7.11 Å². The Hall–Kier alpha value is -1.70. The van der Waals surface area contributed by atoms with Gasteiger partial charge in [-0.2, -0.15) is 0 Å². The van der Waals surface area contributed by atoms with E-state index in [9.17, 15) is 0 Å². The second kappa shape index (κ2) is 6.46. The van der Waals surface area contributed by atoms with E-state index in [1.807, 2.05) is 12.2 Å². The summed E-state index contributed by atoms with van der Waals surface area (Å²) < 4.78 is 11.1. The Bertz CT molecular complexity index is 455. The Balaban J connectivity index is 1.90. The van der Waals surface area contributed by atoms with Crippen LogP contribution in [0.25, 0.3) is 0 Å². The first kappa shape index (κ1) is 13.7. The van der Waals surface area contributed by atoms with Crippen molar-refractivity contribution in [3.05, 3.63) is 53.8 Å². The summed E-state index contributed by atoms with van der Waals surface area (Å²) in [6, 6.07) is 8.42. The molecule has 1 aliphatic rings. The maximum atomic E-state index is 5.92. The monoisotopic (exact) mass is 258 g/mol. The minimum absolute atomic E-state index is 0.106. The zero-order valence-corrected chi connectivity index (χ0v) is 11.9. The first-order chi connectivity index (χ1) is 9.17. The summed E-state index contributed by atoms with van der Waals surface area (Å²) in [4.78, 5) is 0. The lowest BCUT2D eigenvalue weighted by molar-refractivity contribution is 0.240. The molecule has 1 unspecified atom stereocenters. The topological polar surface area (TPSA) is 18.5 Å². The van der Waals surface area contributed by atoms with Gasteiger partial charge in [0.15, 0.2) is 0 Å². The van der Waals surface area contributed by atoms with Gasteiger partial charge in [-0.15, -0.1) is 0 Å². The molecule has 0 N–H and O–H groups in total. The molecule has 0 aromatic heterocycles. The molecule has 1 aromatic rings. The molecular weight excluding hydrogens is 236 g/mol. The van der Waals surface area contributed by atoms with Crippen LogP contribution in [-0.2, 0) is 11.2 Å². The second-order valence-electron chi connectivity index (χ2n) is 5.30. The van der Waals surface area contributed by atoms with Gasteiger partial charge < -0.3 is 9.47 Å². The van der Waals surface area contributed by atoms with Gasteiger partial charge >= 0.3 is 0 Å². The predicted octanol–water partition coefficient (Wildman–Crippen LogP) is 4.12. The number of ether oxygens (including phenoxy) is 2. The largest absolute Gasteiger partial charge is 0.497 e. The summed E-state index contributed by atoms with van der Waals surface area (Å²) >= 11 is 0. The van der Waals surface area contributed by atoms with Gasteiger partial charge in [-0.05, 0) is 48.3 Å². The van der Waals surface area contributed by atoms with Crippen LogP contribution in [0.2, 0.25) is 0 Å². The Morgan fingerprint density at radius 1 is 1.21 bits per heavy atom. The van der Waals surface area contributed by atoms with E-state index >= 15 is 0 Å². The summed E-state index contributed by atoms with van der Waals surface area (Å²) in [6.07, 6.45) is 8.13. The van der Waals surface area contributed by atoms with E-state index in [2.05, 4.69) is 44.2 Å². The van der Waals surface area contributed by atoms with Crippen molar-refractivity contribution in [1.29, 1.82) is 0 Å². The minimum Gasteiger partial charge on any atom is -0.497 e. The van der Waals surface area contributed by atoms with Crippen molar-refractivity contribution >= 4 is 0 Å². The molecule has 0 heterocycles. The smallest absolute Gasteiger partial charge is 0.121 e. The summed E-state index contributed by atoms with van der Waals surface area (Å²) in [5, 5.41) is 0. The van der Waals surface area contributed by atoms with Gasteiger partial charge in [0.2, 0.25) is 0 Å². The summed E-state index contributed by atoms with van der Waals surface area (Å²) in [5.74, 6) is 2.52. The average molecular weight is 258 g/mol. The summed E-state index contributed by atoms with van der Waals surface area (Å²) in [6.45, 7) is 4.47. The third-order valence-corrected chi connectivity index (χ3v) is 3.12. The van der Waals surface area contributed by atoms with Crippen LogP contribution < -0.4 is 4.74 Å². The van der Waals surface area contributed by atoms with Crippen molar-refractivity contribution in [2.45, 2.75) is 32.8 Å². The number of hydrogen-bond donors (Lipinski definition) is 0. The highest BCUT2D eigenvalue weighted by Crippen LogP contribution is 2.20. The molecular formula is C17H22O2. The molecule has 1 aliphatic carbocycles. The molecule has 0 aliphatic heterocycles. The molecule has 19 heavy (non-hydrogen) atoms. The number of hydrogen-bond acceptors (Lipinski definition) is 2. The summed E-state index contributed by atoms with van der Waals surface area (Å²) in [5.41, 5.74) is 1.36. The van der Waals surface area contributed by atoms with Gasteiger partial charge in [0, 0.05) is 6.42 Å². The van der Waals surface area contributed by atoms with Crippen molar-refractivity contribution in [3.63, 3.8) is 0 Å². The molecule has 2 heteroatoms. The minimum atomic E-state index is 0.106. The lowest BCUT2D eigenvalue weighted by Crippen LogP contribution is -2.15. The standard InChI is InChI=1S/C17H22O2/c1-13(2)12-14-4-6-16(7-5-14)19-17-10-8-15(18-3)9-11-17/h4-10,13,17H,11-12H2,1-3H3. The van der Waals surface area contributed by atoms with Crippen molar-refractivity contribution < 1.29 is 9.47 Å². The van der Waals surface area contributed by atoms with Crippen LogP contribution >= 0.6 is 0 Å².